The summed E-state index contributed by atoms with van der Waals surface area (Å²) >= 11 is 0. The smallest absolute Gasteiger partial charge is 0.312 e. The Morgan fingerprint density at radius 2 is 1.86 bits per heavy atom. The number of furan rings is 1. The van der Waals surface area contributed by atoms with Gasteiger partial charge in [-0.3, -0.25) is 4.79 Å². The van der Waals surface area contributed by atoms with Crippen LogP contribution in [-0.2, 0) is 0 Å². The van der Waals surface area contributed by atoms with E-state index >= 15 is 0 Å². The van der Waals surface area contributed by atoms with Crippen LogP contribution in [0.1, 0.15) is 40.8 Å². The third kappa shape index (κ3) is 2.62. The summed E-state index contributed by atoms with van der Waals surface area (Å²) in [6, 6.07) is 12.2. The van der Waals surface area contributed by atoms with Crippen molar-refractivity contribution in [3.05, 3.63) is 53.6 Å². The Balaban J connectivity index is 1.42. The molecule has 1 fully saturated rings. The lowest BCUT2D eigenvalue weighted by atomic mass is 9.96. The SMILES string of the molecule is Cc1c(C(=O)N2CCC(c3nnc(N)o3)CC2)oc2c1ccc1ccccc12. The molecule has 4 aromatic rings. The van der Waals surface area contributed by atoms with E-state index in [1.54, 1.807) is 0 Å². The molecule has 7 heteroatoms. The third-order valence-corrected chi connectivity index (χ3v) is 5.61. The first-order valence-electron chi connectivity index (χ1n) is 9.41. The number of nitrogens with two attached hydrogens (primary N) is 1. The zero-order valence-electron chi connectivity index (χ0n) is 15.5. The summed E-state index contributed by atoms with van der Waals surface area (Å²) in [6.45, 7) is 3.17. The lowest BCUT2D eigenvalue weighted by Crippen LogP contribution is -2.38. The molecule has 1 saturated heterocycles. The van der Waals surface area contributed by atoms with E-state index in [0.717, 1.165) is 40.1 Å². The van der Waals surface area contributed by atoms with Gasteiger partial charge >= 0.3 is 6.01 Å². The molecule has 142 valence electrons. The number of amides is 1. The highest BCUT2D eigenvalue weighted by Gasteiger charge is 2.30. The Hall–Kier alpha value is -3.35. The van der Waals surface area contributed by atoms with E-state index in [0.29, 0.717) is 24.7 Å². The molecule has 2 aromatic heterocycles. The topological polar surface area (TPSA) is 98.4 Å². The molecular weight excluding hydrogens is 356 g/mol. The molecule has 0 bridgehead atoms. The van der Waals surface area contributed by atoms with E-state index in [4.69, 9.17) is 14.6 Å². The number of anilines is 1. The normalized spacial score (nSPS) is 15.5. The number of likely N-dealkylation sites (tertiary alicyclic amines) is 1. The van der Waals surface area contributed by atoms with E-state index in [2.05, 4.69) is 16.3 Å². The number of rotatable bonds is 2. The fourth-order valence-electron chi connectivity index (χ4n) is 4.04. The van der Waals surface area contributed by atoms with E-state index in [1.807, 2.05) is 42.2 Å². The molecule has 3 heterocycles. The standard InChI is InChI=1S/C21H20N4O3/c1-12-15-7-6-13-4-2-3-5-16(13)18(15)27-17(12)20(26)25-10-8-14(9-11-25)19-23-24-21(22)28-19/h2-7,14H,8-11H2,1H3,(H2,22,24). The molecule has 0 radical (unpaired) electrons. The molecular formula is C21H20N4O3. The first kappa shape index (κ1) is 16.8. The van der Waals surface area contributed by atoms with Crippen molar-refractivity contribution in [3.8, 4) is 0 Å². The highest BCUT2D eigenvalue weighted by Crippen LogP contribution is 2.34. The number of benzene rings is 2. The second kappa shape index (κ2) is 6.37. The molecule has 2 N–H and O–H groups in total. The second-order valence-corrected chi connectivity index (χ2v) is 7.26. The minimum atomic E-state index is -0.0683. The minimum absolute atomic E-state index is 0.0683. The fourth-order valence-corrected chi connectivity index (χ4v) is 4.04. The summed E-state index contributed by atoms with van der Waals surface area (Å²) in [6.07, 6.45) is 1.52. The maximum atomic E-state index is 13.1. The third-order valence-electron chi connectivity index (χ3n) is 5.61. The number of aryl methyl sites for hydroxylation is 1. The van der Waals surface area contributed by atoms with Gasteiger partial charge in [-0.2, -0.15) is 0 Å². The molecule has 2 aromatic carbocycles. The van der Waals surface area contributed by atoms with Gasteiger partial charge < -0.3 is 19.5 Å². The Labute approximate surface area is 161 Å². The number of hydrogen-bond donors (Lipinski definition) is 1. The summed E-state index contributed by atoms with van der Waals surface area (Å²) in [4.78, 5) is 15.0. The van der Waals surface area contributed by atoms with Crippen molar-refractivity contribution in [3.63, 3.8) is 0 Å². The predicted octanol–water partition coefficient (Wildman–Crippen LogP) is 3.88. The number of fused-ring (bicyclic) bond motifs is 3. The molecule has 0 atom stereocenters. The maximum absolute atomic E-state index is 13.1. The average molecular weight is 376 g/mol. The summed E-state index contributed by atoms with van der Waals surface area (Å²) in [5.74, 6) is 1.04. The lowest BCUT2D eigenvalue weighted by Gasteiger charge is -2.29. The van der Waals surface area contributed by atoms with Gasteiger partial charge in [-0.1, -0.05) is 41.5 Å². The van der Waals surface area contributed by atoms with Gasteiger partial charge in [0.25, 0.3) is 5.91 Å². The average Bonchev–Trinajstić information content (AvgIpc) is 3.31. The van der Waals surface area contributed by atoms with Gasteiger partial charge in [0.15, 0.2) is 5.76 Å². The molecule has 0 unspecified atom stereocenters. The number of hydrogen-bond acceptors (Lipinski definition) is 6. The zero-order valence-corrected chi connectivity index (χ0v) is 15.5. The fraction of sp³-hybridized carbons (Fsp3) is 0.286. The van der Waals surface area contributed by atoms with Gasteiger partial charge in [0.05, 0.1) is 0 Å². The number of piperidine rings is 1. The summed E-state index contributed by atoms with van der Waals surface area (Å²) in [5.41, 5.74) is 7.17. The van der Waals surface area contributed by atoms with Crippen LogP contribution in [0.4, 0.5) is 6.01 Å². The van der Waals surface area contributed by atoms with Gasteiger partial charge in [0.1, 0.15) is 5.58 Å². The van der Waals surface area contributed by atoms with Crippen molar-refractivity contribution in [1.82, 2.24) is 15.1 Å². The van der Waals surface area contributed by atoms with Crippen molar-refractivity contribution < 1.29 is 13.6 Å². The summed E-state index contributed by atoms with van der Waals surface area (Å²) in [7, 11) is 0. The highest BCUT2D eigenvalue weighted by molar-refractivity contribution is 6.08. The first-order chi connectivity index (χ1) is 13.6. The molecule has 7 nitrogen and oxygen atoms in total. The van der Waals surface area contributed by atoms with E-state index < -0.39 is 0 Å². The van der Waals surface area contributed by atoms with Gasteiger partial charge in [-0.25, -0.2) is 0 Å². The summed E-state index contributed by atoms with van der Waals surface area (Å²) < 4.78 is 11.4. The largest absolute Gasteiger partial charge is 0.450 e. The van der Waals surface area contributed by atoms with Crippen molar-refractivity contribution in [2.75, 3.05) is 18.8 Å². The van der Waals surface area contributed by atoms with Crippen molar-refractivity contribution >= 4 is 33.7 Å². The van der Waals surface area contributed by atoms with Crippen LogP contribution in [0.5, 0.6) is 0 Å². The molecule has 1 aliphatic rings. The van der Waals surface area contributed by atoms with Gasteiger partial charge in [-0.05, 0) is 25.2 Å². The number of nitrogens with zero attached hydrogens (tertiary/aromatic N) is 3. The molecule has 1 amide bonds. The van der Waals surface area contributed by atoms with Crippen LogP contribution in [-0.4, -0.2) is 34.1 Å². The van der Waals surface area contributed by atoms with Crippen LogP contribution in [0.25, 0.3) is 21.7 Å². The number of nitrogen functional groups attached to an aromatic ring is 1. The van der Waals surface area contributed by atoms with E-state index in [-0.39, 0.29) is 17.8 Å². The molecule has 5 rings (SSSR count). The maximum Gasteiger partial charge on any atom is 0.312 e. The highest BCUT2D eigenvalue weighted by atomic mass is 16.4. The Morgan fingerprint density at radius 3 is 2.61 bits per heavy atom. The zero-order chi connectivity index (χ0) is 19.3. The second-order valence-electron chi connectivity index (χ2n) is 7.26. The molecule has 0 aliphatic carbocycles. The van der Waals surface area contributed by atoms with Crippen LogP contribution in [0.2, 0.25) is 0 Å². The first-order valence-corrected chi connectivity index (χ1v) is 9.41. The minimum Gasteiger partial charge on any atom is -0.450 e. The van der Waals surface area contributed by atoms with Gasteiger partial charge in [0.2, 0.25) is 5.89 Å². The van der Waals surface area contributed by atoms with Crippen LogP contribution < -0.4 is 5.73 Å². The van der Waals surface area contributed by atoms with Crippen molar-refractivity contribution in [1.29, 1.82) is 0 Å². The van der Waals surface area contributed by atoms with Crippen LogP contribution in [0.15, 0.2) is 45.2 Å². The monoisotopic (exact) mass is 376 g/mol. The predicted molar refractivity (Wildman–Crippen MR) is 105 cm³/mol. The van der Waals surface area contributed by atoms with Crippen molar-refractivity contribution in [2.45, 2.75) is 25.7 Å². The quantitative estimate of drug-likeness (QED) is 0.570. The number of carbonyl (C=O) groups excluding carboxylic acids is 1. The van der Waals surface area contributed by atoms with Crippen LogP contribution >= 0.6 is 0 Å². The van der Waals surface area contributed by atoms with E-state index in [1.165, 1.54) is 0 Å². The Morgan fingerprint density at radius 1 is 1.07 bits per heavy atom. The molecule has 0 saturated carbocycles. The van der Waals surface area contributed by atoms with Crippen LogP contribution in [0.3, 0.4) is 0 Å². The molecule has 28 heavy (non-hydrogen) atoms. The molecule has 0 spiro atoms. The number of aromatic nitrogens is 2. The van der Waals surface area contributed by atoms with Gasteiger partial charge in [0, 0.05) is 35.3 Å². The van der Waals surface area contributed by atoms with Crippen LogP contribution in [0, 0.1) is 6.92 Å². The van der Waals surface area contributed by atoms with Crippen molar-refractivity contribution in [2.24, 2.45) is 0 Å². The Bertz CT molecular complexity index is 1190. The van der Waals surface area contributed by atoms with Gasteiger partial charge in [-0.15, -0.1) is 5.10 Å². The summed E-state index contributed by atoms with van der Waals surface area (Å²) in [5, 5.41) is 10.8. The van der Waals surface area contributed by atoms with E-state index in [9.17, 15) is 4.79 Å². The Kier molecular flexibility index (Phi) is 3.82. The number of carbonyl (C=O) groups is 1. The lowest BCUT2D eigenvalue weighted by molar-refractivity contribution is 0.0676. The molecule has 1 aliphatic heterocycles.